The molecule has 1 aromatic heterocycles. The van der Waals surface area contributed by atoms with Crippen LogP contribution in [0.15, 0.2) is 47.3 Å². The molecular weight excluding hydrogens is 287 g/mol. The van der Waals surface area contributed by atoms with Crippen molar-refractivity contribution in [3.05, 3.63) is 64.2 Å². The van der Waals surface area contributed by atoms with Crippen molar-refractivity contribution >= 4 is 17.0 Å². The number of aromatic nitrogens is 2. The molecule has 6 heteroatoms. The minimum Gasteiger partial charge on any atom is -0.465 e. The molecule has 0 aliphatic carbocycles. The number of carbonyl (C=O) groups excluding carboxylic acids is 1. The number of halogens is 1. The first-order valence-electron chi connectivity index (χ1n) is 6.47. The average Bonchev–Trinajstić information content (AvgIpc) is 2.52. The van der Waals surface area contributed by atoms with Crippen molar-refractivity contribution in [3.8, 4) is 11.3 Å². The van der Waals surface area contributed by atoms with Gasteiger partial charge in [0, 0.05) is 5.56 Å². The number of ether oxygens (including phenoxy) is 1. The van der Waals surface area contributed by atoms with E-state index in [9.17, 15) is 14.0 Å². The largest absolute Gasteiger partial charge is 0.465 e. The molecule has 0 spiro atoms. The van der Waals surface area contributed by atoms with Gasteiger partial charge in [-0.25, -0.2) is 14.2 Å². The Hall–Kier alpha value is -3.02. The Bertz CT molecular complexity index is 934. The van der Waals surface area contributed by atoms with Gasteiger partial charge in [0.2, 0.25) is 0 Å². The van der Waals surface area contributed by atoms with Crippen molar-refractivity contribution < 1.29 is 13.9 Å². The van der Waals surface area contributed by atoms with Crippen molar-refractivity contribution in [1.82, 2.24) is 9.97 Å². The molecule has 1 heterocycles. The second-order valence-electron chi connectivity index (χ2n) is 4.65. The fourth-order valence-corrected chi connectivity index (χ4v) is 2.16. The van der Waals surface area contributed by atoms with Crippen LogP contribution in [0.1, 0.15) is 10.4 Å². The molecule has 0 aliphatic heterocycles. The van der Waals surface area contributed by atoms with Crippen molar-refractivity contribution in [1.29, 1.82) is 0 Å². The normalized spacial score (nSPS) is 10.6. The molecule has 0 saturated carbocycles. The molecule has 5 nitrogen and oxygen atoms in total. The van der Waals surface area contributed by atoms with Crippen molar-refractivity contribution in [2.75, 3.05) is 7.11 Å². The number of nitrogens with one attached hydrogen (secondary N) is 1. The van der Waals surface area contributed by atoms with Gasteiger partial charge >= 0.3 is 5.97 Å². The number of esters is 1. The summed E-state index contributed by atoms with van der Waals surface area (Å²) < 4.78 is 17.9. The van der Waals surface area contributed by atoms with Crippen LogP contribution in [0.5, 0.6) is 0 Å². The lowest BCUT2D eigenvalue weighted by molar-refractivity contribution is 0.0601. The standard InChI is InChI=1S/C16H11FN2O3/c1-22-16(21)10-5-6-12-13(8-10)19-15(20)14(18-12)9-3-2-4-11(17)7-9/h2-8H,1H3,(H,19,20). The summed E-state index contributed by atoms with van der Waals surface area (Å²) in [5, 5.41) is 0. The first-order valence-corrected chi connectivity index (χ1v) is 6.47. The van der Waals surface area contributed by atoms with Gasteiger partial charge < -0.3 is 9.72 Å². The summed E-state index contributed by atoms with van der Waals surface area (Å²) in [5.74, 6) is -0.947. The molecule has 0 fully saturated rings. The Morgan fingerprint density at radius 3 is 2.77 bits per heavy atom. The third kappa shape index (κ3) is 2.46. The maximum atomic E-state index is 13.3. The third-order valence-corrected chi connectivity index (χ3v) is 3.21. The Labute approximate surface area is 124 Å². The van der Waals surface area contributed by atoms with Gasteiger partial charge in [-0.15, -0.1) is 0 Å². The molecule has 3 aromatic rings. The zero-order valence-electron chi connectivity index (χ0n) is 11.6. The summed E-state index contributed by atoms with van der Waals surface area (Å²) >= 11 is 0. The number of hydrogen-bond acceptors (Lipinski definition) is 4. The van der Waals surface area contributed by atoms with Crippen molar-refractivity contribution in [2.24, 2.45) is 0 Å². The molecule has 1 N–H and O–H groups in total. The number of nitrogens with zero attached hydrogens (tertiary/aromatic N) is 1. The topological polar surface area (TPSA) is 72.0 Å². The van der Waals surface area contributed by atoms with Crippen molar-refractivity contribution in [3.63, 3.8) is 0 Å². The average molecular weight is 298 g/mol. The summed E-state index contributed by atoms with van der Waals surface area (Å²) in [6.07, 6.45) is 0. The lowest BCUT2D eigenvalue weighted by Crippen LogP contribution is -2.12. The van der Waals surface area contributed by atoms with E-state index in [-0.39, 0.29) is 5.69 Å². The SMILES string of the molecule is COC(=O)c1ccc2nc(-c3cccc(F)c3)c(=O)[nH]c2c1. The smallest absolute Gasteiger partial charge is 0.337 e. The van der Waals surface area contributed by atoms with E-state index in [0.29, 0.717) is 22.2 Å². The van der Waals surface area contributed by atoms with Crippen LogP contribution in [0.4, 0.5) is 4.39 Å². The van der Waals surface area contributed by atoms with Crippen LogP contribution in [-0.2, 0) is 4.74 Å². The van der Waals surface area contributed by atoms with E-state index < -0.39 is 17.3 Å². The molecule has 22 heavy (non-hydrogen) atoms. The molecule has 0 saturated heterocycles. The van der Waals surface area contributed by atoms with Crippen LogP contribution in [0.25, 0.3) is 22.3 Å². The molecule has 110 valence electrons. The lowest BCUT2D eigenvalue weighted by atomic mass is 10.1. The molecule has 0 radical (unpaired) electrons. The molecule has 0 unspecified atom stereocenters. The highest BCUT2D eigenvalue weighted by molar-refractivity contribution is 5.93. The van der Waals surface area contributed by atoms with Gasteiger partial charge in [-0.1, -0.05) is 12.1 Å². The first kappa shape index (κ1) is 13.9. The van der Waals surface area contributed by atoms with Crippen LogP contribution >= 0.6 is 0 Å². The summed E-state index contributed by atoms with van der Waals surface area (Å²) in [4.78, 5) is 30.5. The molecule has 0 bridgehead atoms. The summed E-state index contributed by atoms with van der Waals surface area (Å²) in [6, 6.07) is 10.3. The number of rotatable bonds is 2. The van der Waals surface area contributed by atoms with E-state index >= 15 is 0 Å². The van der Waals surface area contributed by atoms with E-state index in [1.807, 2.05) is 0 Å². The maximum absolute atomic E-state index is 13.3. The monoisotopic (exact) mass is 298 g/mol. The number of benzene rings is 2. The minimum absolute atomic E-state index is 0.123. The van der Waals surface area contributed by atoms with Gasteiger partial charge in [-0.05, 0) is 30.3 Å². The zero-order valence-corrected chi connectivity index (χ0v) is 11.6. The highest BCUT2D eigenvalue weighted by Gasteiger charge is 2.11. The number of H-pyrrole nitrogens is 1. The molecule has 3 rings (SSSR count). The van der Waals surface area contributed by atoms with Gasteiger partial charge in [0.15, 0.2) is 0 Å². The van der Waals surface area contributed by atoms with Crippen LogP contribution in [-0.4, -0.2) is 23.0 Å². The van der Waals surface area contributed by atoms with E-state index in [2.05, 4.69) is 14.7 Å². The summed E-state index contributed by atoms with van der Waals surface area (Å²) in [6.45, 7) is 0. The highest BCUT2D eigenvalue weighted by Crippen LogP contribution is 2.18. The quantitative estimate of drug-likeness (QED) is 0.738. The maximum Gasteiger partial charge on any atom is 0.337 e. The van der Waals surface area contributed by atoms with Gasteiger partial charge in [0.25, 0.3) is 5.56 Å². The Morgan fingerprint density at radius 1 is 1.23 bits per heavy atom. The van der Waals surface area contributed by atoms with Crippen LogP contribution in [0.2, 0.25) is 0 Å². The van der Waals surface area contributed by atoms with Gasteiger partial charge in [0.05, 0.1) is 23.7 Å². The number of carbonyl (C=O) groups is 1. The molecule has 0 aliphatic rings. The van der Waals surface area contributed by atoms with Gasteiger partial charge in [-0.2, -0.15) is 0 Å². The van der Waals surface area contributed by atoms with Crippen LogP contribution in [0.3, 0.4) is 0 Å². The zero-order chi connectivity index (χ0) is 15.7. The van der Waals surface area contributed by atoms with E-state index in [1.165, 1.54) is 31.4 Å². The first-order chi connectivity index (χ1) is 10.6. The summed E-state index contributed by atoms with van der Waals surface area (Å²) in [5.41, 5.74) is 1.27. The predicted molar refractivity (Wildman–Crippen MR) is 79.1 cm³/mol. The fourth-order valence-electron chi connectivity index (χ4n) is 2.16. The number of hydrogen-bond donors (Lipinski definition) is 1. The predicted octanol–water partition coefficient (Wildman–Crippen LogP) is 2.52. The van der Waals surface area contributed by atoms with E-state index in [0.717, 1.165) is 0 Å². The Balaban J connectivity index is 2.17. The van der Waals surface area contributed by atoms with Crippen LogP contribution < -0.4 is 5.56 Å². The number of aromatic amines is 1. The van der Waals surface area contributed by atoms with Crippen LogP contribution in [0, 0.1) is 5.82 Å². The lowest BCUT2D eigenvalue weighted by Gasteiger charge is -2.05. The third-order valence-electron chi connectivity index (χ3n) is 3.21. The molecule has 0 atom stereocenters. The summed E-state index contributed by atoms with van der Waals surface area (Å²) in [7, 11) is 1.28. The van der Waals surface area contributed by atoms with Crippen molar-refractivity contribution in [2.45, 2.75) is 0 Å². The number of methoxy groups -OCH3 is 1. The fraction of sp³-hybridized carbons (Fsp3) is 0.0625. The minimum atomic E-state index is -0.503. The molecular formula is C16H11FN2O3. The second-order valence-corrected chi connectivity index (χ2v) is 4.65. The van der Waals surface area contributed by atoms with Gasteiger partial charge in [-0.3, -0.25) is 4.79 Å². The van der Waals surface area contributed by atoms with Gasteiger partial charge in [0.1, 0.15) is 11.5 Å². The van der Waals surface area contributed by atoms with E-state index in [4.69, 9.17) is 0 Å². The Kier molecular flexibility index (Phi) is 3.42. The van der Waals surface area contributed by atoms with E-state index in [1.54, 1.807) is 18.2 Å². The molecule has 0 amide bonds. The molecule has 2 aromatic carbocycles. The number of fused-ring (bicyclic) bond motifs is 1. The Morgan fingerprint density at radius 2 is 2.05 bits per heavy atom. The highest BCUT2D eigenvalue weighted by atomic mass is 19.1. The second kappa shape index (κ2) is 5.40.